The van der Waals surface area contributed by atoms with Crippen molar-refractivity contribution in [2.75, 3.05) is 50.7 Å². The molecule has 2 aromatic rings. The average molecular weight is 544 g/mol. The van der Waals surface area contributed by atoms with Crippen LogP contribution in [0, 0.1) is 17.8 Å². The number of carboxylic acid groups (broad SMARTS) is 1. The van der Waals surface area contributed by atoms with E-state index in [0.29, 0.717) is 17.8 Å². The number of aryl methyl sites for hydroxylation is 1. The van der Waals surface area contributed by atoms with Crippen molar-refractivity contribution in [1.82, 2.24) is 9.80 Å². The summed E-state index contributed by atoms with van der Waals surface area (Å²) in [6.45, 7) is 7.66. The molecule has 3 atom stereocenters. The molecule has 5 nitrogen and oxygen atoms in total. The summed E-state index contributed by atoms with van der Waals surface area (Å²) in [5.41, 5.74) is 4.38. The first-order chi connectivity index (χ1) is 19.7. The van der Waals surface area contributed by atoms with Crippen LogP contribution in [0.5, 0.6) is 0 Å². The normalized spacial score (nSPS) is 26.1. The Morgan fingerprint density at radius 2 is 1.60 bits per heavy atom. The minimum atomic E-state index is -0.600. The molecular weight excluding hydrogens is 494 g/mol. The van der Waals surface area contributed by atoms with E-state index >= 15 is 0 Å². The minimum Gasteiger partial charge on any atom is -0.480 e. The predicted octanol–water partition coefficient (Wildman–Crippen LogP) is 6.29. The first-order valence-corrected chi connectivity index (χ1v) is 16.2. The Morgan fingerprint density at radius 1 is 0.850 bits per heavy atom. The van der Waals surface area contributed by atoms with Crippen LogP contribution in [-0.4, -0.2) is 72.7 Å². The summed E-state index contributed by atoms with van der Waals surface area (Å²) < 4.78 is 0. The number of hydrogen-bond acceptors (Lipinski definition) is 4. The third-order valence-electron chi connectivity index (χ3n) is 10.7. The van der Waals surface area contributed by atoms with Crippen molar-refractivity contribution in [3.05, 3.63) is 65.7 Å². The van der Waals surface area contributed by atoms with Gasteiger partial charge in [0.25, 0.3) is 0 Å². The summed E-state index contributed by atoms with van der Waals surface area (Å²) in [4.78, 5) is 20.2. The molecule has 4 aliphatic rings. The highest BCUT2D eigenvalue weighted by Gasteiger charge is 2.43. The van der Waals surface area contributed by atoms with E-state index in [9.17, 15) is 9.90 Å². The van der Waals surface area contributed by atoms with Gasteiger partial charge in [-0.25, -0.2) is 0 Å². The van der Waals surface area contributed by atoms with Gasteiger partial charge in [-0.15, -0.1) is 0 Å². The van der Waals surface area contributed by atoms with Crippen LogP contribution < -0.4 is 4.90 Å². The maximum absolute atomic E-state index is 12.6. The molecule has 3 unspecified atom stereocenters. The molecular formula is C35H49N3O2. The van der Waals surface area contributed by atoms with Gasteiger partial charge < -0.3 is 14.9 Å². The van der Waals surface area contributed by atoms with Crippen molar-refractivity contribution in [3.63, 3.8) is 0 Å². The fourth-order valence-electron chi connectivity index (χ4n) is 8.47. The highest BCUT2D eigenvalue weighted by Crippen LogP contribution is 2.39. The summed E-state index contributed by atoms with van der Waals surface area (Å²) >= 11 is 0. The molecule has 0 radical (unpaired) electrons. The van der Waals surface area contributed by atoms with E-state index in [1.807, 2.05) is 0 Å². The molecule has 6 rings (SSSR count). The standard InChI is InChI=1S/C35H49N3O2/c39-35(40)34(30-13-5-2-6-14-30)38-25-31(32(26-38)28-10-3-1-4-11-28)24-36-21-17-27(18-22-36)19-23-37-20-9-15-29-12-7-8-16-33(29)37/h1,3-4,7-8,10-12,16,27,30-32,34H,2,5-6,9,13-15,17-26H2,(H,39,40). The molecule has 1 N–H and O–H groups in total. The smallest absolute Gasteiger partial charge is 0.321 e. The Kier molecular flexibility index (Phi) is 9.08. The SMILES string of the molecule is O=C(O)C(C1CCCCC1)N1CC(CN2CCC(CCN3CCCc4ccccc43)CC2)C(c2ccccc2)C1. The lowest BCUT2D eigenvalue weighted by atomic mass is 9.83. The molecule has 0 aromatic heterocycles. The lowest BCUT2D eigenvalue weighted by molar-refractivity contribution is -0.145. The molecule has 3 heterocycles. The Hall–Kier alpha value is -2.37. The predicted molar refractivity (Wildman–Crippen MR) is 163 cm³/mol. The van der Waals surface area contributed by atoms with Crippen LogP contribution in [0.3, 0.4) is 0 Å². The van der Waals surface area contributed by atoms with Crippen molar-refractivity contribution >= 4 is 11.7 Å². The van der Waals surface area contributed by atoms with Gasteiger partial charge in [-0.2, -0.15) is 0 Å². The highest BCUT2D eigenvalue weighted by atomic mass is 16.4. The zero-order valence-corrected chi connectivity index (χ0v) is 24.3. The molecule has 216 valence electrons. The van der Waals surface area contributed by atoms with Crippen LogP contribution in [0.4, 0.5) is 5.69 Å². The van der Waals surface area contributed by atoms with Gasteiger partial charge in [0.2, 0.25) is 0 Å². The quantitative estimate of drug-likeness (QED) is 0.403. The van der Waals surface area contributed by atoms with Crippen LogP contribution in [-0.2, 0) is 11.2 Å². The van der Waals surface area contributed by atoms with Gasteiger partial charge in [0.15, 0.2) is 0 Å². The summed E-state index contributed by atoms with van der Waals surface area (Å²) in [7, 11) is 0. The fraction of sp³-hybridized carbons (Fsp3) is 0.629. The molecule has 2 saturated heterocycles. The Morgan fingerprint density at radius 3 is 2.38 bits per heavy atom. The van der Waals surface area contributed by atoms with Crippen LogP contribution in [0.2, 0.25) is 0 Å². The molecule has 2 aromatic carbocycles. The van der Waals surface area contributed by atoms with E-state index < -0.39 is 5.97 Å². The third kappa shape index (κ3) is 6.41. The van der Waals surface area contributed by atoms with E-state index in [-0.39, 0.29) is 6.04 Å². The van der Waals surface area contributed by atoms with Gasteiger partial charge in [0.1, 0.15) is 6.04 Å². The largest absolute Gasteiger partial charge is 0.480 e. The van der Waals surface area contributed by atoms with Gasteiger partial charge in [-0.3, -0.25) is 9.69 Å². The molecule has 5 heteroatoms. The lowest BCUT2D eigenvalue weighted by Gasteiger charge is -2.37. The van der Waals surface area contributed by atoms with Gasteiger partial charge in [0, 0.05) is 44.3 Å². The lowest BCUT2D eigenvalue weighted by Crippen LogP contribution is -2.46. The second-order valence-electron chi connectivity index (χ2n) is 13.2. The zero-order chi connectivity index (χ0) is 27.3. The van der Waals surface area contributed by atoms with Gasteiger partial charge in [-0.05, 0) is 93.0 Å². The van der Waals surface area contributed by atoms with Crippen molar-refractivity contribution in [1.29, 1.82) is 0 Å². The van der Waals surface area contributed by atoms with Crippen molar-refractivity contribution < 1.29 is 9.90 Å². The fourth-order valence-corrected chi connectivity index (χ4v) is 8.47. The molecule has 40 heavy (non-hydrogen) atoms. The number of carbonyl (C=O) groups is 1. The number of fused-ring (bicyclic) bond motifs is 1. The summed E-state index contributed by atoms with van der Waals surface area (Å²) in [6.07, 6.45) is 12.2. The van der Waals surface area contributed by atoms with Crippen LogP contribution in [0.1, 0.15) is 74.8 Å². The van der Waals surface area contributed by atoms with Gasteiger partial charge in [-0.1, -0.05) is 67.8 Å². The summed E-state index contributed by atoms with van der Waals surface area (Å²) in [5.74, 6) is 1.44. The molecule has 1 aliphatic carbocycles. The number of aliphatic carboxylic acids is 1. The minimum absolute atomic E-state index is 0.309. The molecule has 3 fully saturated rings. The number of likely N-dealkylation sites (tertiary alicyclic amines) is 2. The monoisotopic (exact) mass is 543 g/mol. The van der Waals surface area contributed by atoms with Gasteiger partial charge in [0.05, 0.1) is 0 Å². The molecule has 0 spiro atoms. The summed E-state index contributed by atoms with van der Waals surface area (Å²) in [6, 6.07) is 19.6. The number of hydrogen-bond donors (Lipinski definition) is 1. The topological polar surface area (TPSA) is 47.0 Å². The van der Waals surface area contributed by atoms with Crippen LogP contribution in [0.25, 0.3) is 0 Å². The second-order valence-corrected chi connectivity index (χ2v) is 13.2. The van der Waals surface area contributed by atoms with Crippen LogP contribution >= 0.6 is 0 Å². The average Bonchev–Trinajstić information content (AvgIpc) is 3.40. The van der Waals surface area contributed by atoms with Crippen molar-refractivity contribution in [2.45, 2.75) is 76.2 Å². The Balaban J connectivity index is 1.06. The van der Waals surface area contributed by atoms with E-state index in [1.165, 1.54) is 94.4 Å². The van der Waals surface area contributed by atoms with Crippen molar-refractivity contribution in [2.24, 2.45) is 17.8 Å². The number of carboxylic acids is 1. The maximum atomic E-state index is 12.6. The van der Waals surface area contributed by atoms with E-state index in [2.05, 4.69) is 69.3 Å². The zero-order valence-electron chi connectivity index (χ0n) is 24.3. The Labute approximate surface area is 241 Å². The molecule has 0 amide bonds. The second kappa shape index (κ2) is 13.1. The molecule has 3 aliphatic heterocycles. The number of piperidine rings is 1. The van der Waals surface area contributed by atoms with E-state index in [4.69, 9.17) is 0 Å². The van der Waals surface area contributed by atoms with E-state index in [1.54, 1.807) is 0 Å². The third-order valence-corrected chi connectivity index (χ3v) is 10.7. The number of para-hydroxylation sites is 1. The molecule has 0 bridgehead atoms. The maximum Gasteiger partial charge on any atom is 0.321 e. The number of rotatable bonds is 9. The molecule has 1 saturated carbocycles. The highest BCUT2D eigenvalue weighted by molar-refractivity contribution is 5.74. The van der Waals surface area contributed by atoms with E-state index in [0.717, 1.165) is 38.4 Å². The number of benzene rings is 2. The number of anilines is 1. The first kappa shape index (κ1) is 27.8. The first-order valence-electron chi connectivity index (χ1n) is 16.2. The van der Waals surface area contributed by atoms with Crippen molar-refractivity contribution in [3.8, 4) is 0 Å². The van der Waals surface area contributed by atoms with Gasteiger partial charge >= 0.3 is 5.97 Å². The summed E-state index contributed by atoms with van der Waals surface area (Å²) in [5, 5.41) is 10.3. The Bertz CT molecular complexity index is 1090. The van der Waals surface area contributed by atoms with Crippen LogP contribution in [0.15, 0.2) is 54.6 Å². The number of nitrogens with zero attached hydrogens (tertiary/aromatic N) is 3.